The molecule has 6 heteroatoms. The lowest BCUT2D eigenvalue weighted by atomic mass is 9.84. The Hall–Kier alpha value is -2.11. The molecule has 0 saturated carbocycles. The fraction of sp³-hybridized carbons (Fsp3) is 0.526. The van der Waals surface area contributed by atoms with Crippen LogP contribution in [0.15, 0.2) is 30.9 Å². The lowest BCUT2D eigenvalue weighted by Crippen LogP contribution is -2.51. The van der Waals surface area contributed by atoms with Gasteiger partial charge in [-0.25, -0.2) is 13.6 Å². The van der Waals surface area contributed by atoms with E-state index in [4.69, 9.17) is 4.74 Å². The van der Waals surface area contributed by atoms with Gasteiger partial charge in [-0.3, -0.25) is 0 Å². The maximum absolute atomic E-state index is 13.5. The summed E-state index contributed by atoms with van der Waals surface area (Å²) in [4.78, 5) is 13.9. The number of ether oxygens (including phenoxy) is 1. The van der Waals surface area contributed by atoms with E-state index in [1.165, 1.54) is 6.07 Å². The van der Waals surface area contributed by atoms with Crippen LogP contribution in [0, 0.1) is 11.6 Å². The lowest BCUT2D eigenvalue weighted by molar-refractivity contribution is 0.0178. The van der Waals surface area contributed by atoms with Crippen LogP contribution < -0.4 is 5.32 Å². The highest BCUT2D eigenvalue weighted by Crippen LogP contribution is 2.31. The first kappa shape index (κ1) is 19.2. The van der Waals surface area contributed by atoms with Gasteiger partial charge in [-0.05, 0) is 52.2 Å². The number of nitrogens with one attached hydrogen (secondary N) is 1. The quantitative estimate of drug-likeness (QED) is 0.797. The maximum atomic E-state index is 13.5. The van der Waals surface area contributed by atoms with Crippen LogP contribution in [0.2, 0.25) is 0 Å². The molecular formula is C19H26F2N2O2. The molecule has 0 bridgehead atoms. The van der Waals surface area contributed by atoms with E-state index in [0.717, 1.165) is 12.1 Å². The summed E-state index contributed by atoms with van der Waals surface area (Å²) < 4.78 is 32.0. The van der Waals surface area contributed by atoms with Crippen molar-refractivity contribution in [1.29, 1.82) is 0 Å². The zero-order chi connectivity index (χ0) is 18.7. The molecule has 0 unspecified atom stereocenters. The van der Waals surface area contributed by atoms with Gasteiger partial charge < -0.3 is 15.0 Å². The molecule has 1 aliphatic rings. The zero-order valence-electron chi connectivity index (χ0n) is 15.1. The minimum atomic E-state index is -0.884. The van der Waals surface area contributed by atoms with Gasteiger partial charge in [0.25, 0.3) is 0 Å². The van der Waals surface area contributed by atoms with Crippen molar-refractivity contribution in [2.45, 2.75) is 51.2 Å². The molecule has 1 heterocycles. The highest BCUT2D eigenvalue weighted by atomic mass is 19.2. The molecule has 4 nitrogen and oxygen atoms in total. The van der Waals surface area contributed by atoms with Crippen molar-refractivity contribution in [3.05, 3.63) is 42.5 Å². The number of anilines is 1. The molecule has 1 aromatic rings. The second kappa shape index (κ2) is 7.42. The van der Waals surface area contributed by atoms with Crippen LogP contribution in [0.3, 0.4) is 0 Å². The Kier molecular flexibility index (Phi) is 5.70. The average Bonchev–Trinajstić information content (AvgIpc) is 2.50. The molecule has 0 aromatic heterocycles. The van der Waals surface area contributed by atoms with Crippen molar-refractivity contribution >= 4 is 11.8 Å². The fourth-order valence-electron chi connectivity index (χ4n) is 2.98. The van der Waals surface area contributed by atoms with Crippen LogP contribution in [0.25, 0.3) is 0 Å². The van der Waals surface area contributed by atoms with Gasteiger partial charge in [0.2, 0.25) is 0 Å². The lowest BCUT2D eigenvalue weighted by Gasteiger charge is -2.42. The summed E-state index contributed by atoms with van der Waals surface area (Å²) in [6.07, 6.45) is 3.46. The van der Waals surface area contributed by atoms with Crippen molar-refractivity contribution in [2.75, 3.05) is 18.4 Å². The number of carbonyl (C=O) groups is 1. The minimum Gasteiger partial charge on any atom is -0.444 e. The zero-order valence-corrected chi connectivity index (χ0v) is 15.1. The monoisotopic (exact) mass is 352 g/mol. The van der Waals surface area contributed by atoms with Gasteiger partial charge in [0.1, 0.15) is 5.60 Å². The molecule has 0 spiro atoms. The predicted molar refractivity (Wildman–Crippen MR) is 94.6 cm³/mol. The molecule has 1 fully saturated rings. The average molecular weight is 352 g/mol. The third-order valence-electron chi connectivity index (χ3n) is 4.24. The largest absolute Gasteiger partial charge is 0.444 e. The third kappa shape index (κ3) is 5.18. The number of likely N-dealkylation sites (tertiary alicyclic amines) is 1. The molecular weight excluding hydrogens is 326 g/mol. The minimum absolute atomic E-state index is 0.326. The summed E-state index contributed by atoms with van der Waals surface area (Å²) in [5.41, 5.74) is -0.354. The number of hydrogen-bond acceptors (Lipinski definition) is 3. The number of piperidine rings is 1. The van der Waals surface area contributed by atoms with E-state index in [1.54, 1.807) is 11.0 Å². The fourth-order valence-corrected chi connectivity index (χ4v) is 2.98. The second-order valence-corrected chi connectivity index (χ2v) is 7.49. The van der Waals surface area contributed by atoms with Crippen molar-refractivity contribution in [1.82, 2.24) is 4.90 Å². The first-order chi connectivity index (χ1) is 11.6. The molecule has 1 saturated heterocycles. The number of rotatable bonds is 4. The maximum Gasteiger partial charge on any atom is 0.410 e. The summed E-state index contributed by atoms with van der Waals surface area (Å²) in [5, 5.41) is 3.31. The molecule has 1 N–H and O–H groups in total. The van der Waals surface area contributed by atoms with Crippen molar-refractivity contribution in [2.24, 2.45) is 0 Å². The molecule has 0 radical (unpaired) electrons. The third-order valence-corrected chi connectivity index (χ3v) is 4.24. The van der Waals surface area contributed by atoms with Gasteiger partial charge in [-0.2, -0.15) is 0 Å². The summed E-state index contributed by atoms with van der Waals surface area (Å²) >= 11 is 0. The molecule has 1 amide bonds. The highest BCUT2D eigenvalue weighted by molar-refractivity contribution is 5.68. The van der Waals surface area contributed by atoms with Gasteiger partial charge >= 0.3 is 6.09 Å². The summed E-state index contributed by atoms with van der Waals surface area (Å²) in [6.45, 7) is 10.4. The standard InChI is InChI=1S/C19H26F2N2O2/c1-5-8-19(22-14-6-7-15(20)16(21)13-14)9-11-23(12-10-19)17(24)25-18(2,3)4/h5-7,13,22H,1,8-12H2,2-4H3. The van der Waals surface area contributed by atoms with Crippen LogP contribution in [0.4, 0.5) is 19.3 Å². The molecule has 25 heavy (non-hydrogen) atoms. The summed E-state index contributed by atoms with van der Waals surface area (Å²) in [5.74, 6) is -1.76. The SMILES string of the molecule is C=CCC1(Nc2ccc(F)c(F)c2)CCN(C(=O)OC(C)(C)C)CC1. The Morgan fingerprint density at radius 1 is 1.32 bits per heavy atom. The second-order valence-electron chi connectivity index (χ2n) is 7.49. The topological polar surface area (TPSA) is 41.6 Å². The van der Waals surface area contributed by atoms with Gasteiger partial charge in [0.05, 0.1) is 0 Å². The van der Waals surface area contributed by atoms with Gasteiger partial charge in [-0.15, -0.1) is 6.58 Å². The van der Waals surface area contributed by atoms with Crippen LogP contribution >= 0.6 is 0 Å². The van der Waals surface area contributed by atoms with Crippen molar-refractivity contribution in [3.63, 3.8) is 0 Å². The number of nitrogens with zero attached hydrogens (tertiary/aromatic N) is 1. The Bertz CT molecular complexity index is 633. The molecule has 0 atom stereocenters. The summed E-state index contributed by atoms with van der Waals surface area (Å²) in [7, 11) is 0. The van der Waals surface area contributed by atoms with Crippen molar-refractivity contribution < 1.29 is 18.3 Å². The van der Waals surface area contributed by atoms with Crippen LogP contribution in [0.1, 0.15) is 40.0 Å². The van der Waals surface area contributed by atoms with E-state index >= 15 is 0 Å². The van der Waals surface area contributed by atoms with E-state index in [9.17, 15) is 13.6 Å². The Labute approximate surface area is 147 Å². The first-order valence-corrected chi connectivity index (χ1v) is 8.46. The first-order valence-electron chi connectivity index (χ1n) is 8.46. The molecule has 2 rings (SSSR count). The molecule has 1 aliphatic heterocycles. The molecule has 1 aromatic carbocycles. The normalized spacial score (nSPS) is 17.1. The number of hydrogen-bond donors (Lipinski definition) is 1. The van der Waals surface area contributed by atoms with Crippen LogP contribution in [-0.4, -0.2) is 35.2 Å². The smallest absolute Gasteiger partial charge is 0.410 e. The van der Waals surface area contributed by atoms with Gasteiger partial charge in [0.15, 0.2) is 11.6 Å². The number of carbonyl (C=O) groups excluding carboxylic acids is 1. The van der Waals surface area contributed by atoms with Gasteiger partial charge in [0, 0.05) is 30.4 Å². The van der Waals surface area contributed by atoms with Crippen LogP contribution in [-0.2, 0) is 4.74 Å². The van der Waals surface area contributed by atoms with E-state index in [1.807, 2.05) is 20.8 Å². The van der Waals surface area contributed by atoms with E-state index < -0.39 is 17.2 Å². The Balaban J connectivity index is 2.06. The predicted octanol–water partition coefficient (Wildman–Crippen LogP) is 4.72. The number of amides is 1. The number of halogens is 2. The molecule has 0 aliphatic carbocycles. The Morgan fingerprint density at radius 3 is 2.48 bits per heavy atom. The number of benzene rings is 1. The van der Waals surface area contributed by atoms with Crippen LogP contribution in [0.5, 0.6) is 0 Å². The van der Waals surface area contributed by atoms with E-state index in [-0.39, 0.29) is 11.6 Å². The highest BCUT2D eigenvalue weighted by Gasteiger charge is 2.36. The van der Waals surface area contributed by atoms with E-state index in [2.05, 4.69) is 11.9 Å². The van der Waals surface area contributed by atoms with Crippen molar-refractivity contribution in [3.8, 4) is 0 Å². The Morgan fingerprint density at radius 2 is 1.96 bits per heavy atom. The summed E-state index contributed by atoms with van der Waals surface area (Å²) in [6, 6.07) is 3.78. The van der Waals surface area contributed by atoms with Gasteiger partial charge in [-0.1, -0.05) is 6.08 Å². The van der Waals surface area contributed by atoms with E-state index in [0.29, 0.717) is 38.0 Å². The molecule has 138 valence electrons.